The Hall–Kier alpha value is -3.60. The van der Waals surface area contributed by atoms with E-state index in [2.05, 4.69) is 15.3 Å². The third kappa shape index (κ3) is 3.40. The molecule has 2 heterocycles. The zero-order valence-electron chi connectivity index (χ0n) is 14.9. The number of phenols is 1. The van der Waals surface area contributed by atoms with Crippen molar-refractivity contribution >= 4 is 16.6 Å². The molecule has 0 spiro atoms. The second-order valence-electron chi connectivity index (χ2n) is 6.22. The maximum absolute atomic E-state index is 10.9. The number of anilines is 1. The SMILES string of the molecule is COc1ccc(NC(c2ccc[nH+]c2)c2ccc3cccnc3c2O)cc1. The molecule has 0 radical (unpaired) electrons. The largest absolute Gasteiger partial charge is 0.505 e. The van der Waals surface area contributed by atoms with E-state index < -0.39 is 0 Å². The minimum Gasteiger partial charge on any atom is -0.505 e. The second-order valence-corrected chi connectivity index (χ2v) is 6.22. The number of hydrogen-bond acceptors (Lipinski definition) is 4. The van der Waals surface area contributed by atoms with Gasteiger partial charge in [0.05, 0.1) is 13.2 Å². The highest BCUT2D eigenvalue weighted by Crippen LogP contribution is 2.36. The number of H-pyrrole nitrogens is 1. The minimum atomic E-state index is -0.248. The van der Waals surface area contributed by atoms with Gasteiger partial charge in [0.15, 0.2) is 12.4 Å². The number of aromatic nitrogens is 2. The molecule has 4 aromatic rings. The van der Waals surface area contributed by atoms with Crippen LogP contribution in [0.1, 0.15) is 17.2 Å². The molecule has 1 unspecified atom stereocenters. The van der Waals surface area contributed by atoms with Crippen LogP contribution in [0.15, 0.2) is 79.3 Å². The summed E-state index contributed by atoms with van der Waals surface area (Å²) >= 11 is 0. The lowest BCUT2D eigenvalue weighted by Crippen LogP contribution is -2.15. The van der Waals surface area contributed by atoms with Crippen molar-refractivity contribution in [2.45, 2.75) is 6.04 Å². The number of phenolic OH excluding ortho intramolecular Hbond substituents is 1. The van der Waals surface area contributed by atoms with Crippen molar-refractivity contribution in [2.75, 3.05) is 12.4 Å². The first-order valence-corrected chi connectivity index (χ1v) is 8.69. The number of rotatable bonds is 5. The Morgan fingerprint density at radius 2 is 1.89 bits per heavy atom. The molecule has 3 N–H and O–H groups in total. The molecule has 0 bridgehead atoms. The average Bonchev–Trinajstić information content (AvgIpc) is 2.74. The van der Waals surface area contributed by atoms with Crippen LogP contribution in [-0.4, -0.2) is 17.2 Å². The quantitative estimate of drug-likeness (QED) is 0.566. The fourth-order valence-electron chi connectivity index (χ4n) is 3.16. The summed E-state index contributed by atoms with van der Waals surface area (Å²) in [5.74, 6) is 0.978. The third-order valence-electron chi connectivity index (χ3n) is 4.56. The van der Waals surface area contributed by atoms with E-state index in [-0.39, 0.29) is 11.8 Å². The molecule has 4 rings (SSSR count). The molecular weight excluding hydrogens is 338 g/mol. The fourth-order valence-corrected chi connectivity index (χ4v) is 3.16. The highest BCUT2D eigenvalue weighted by molar-refractivity contribution is 5.86. The van der Waals surface area contributed by atoms with Crippen molar-refractivity contribution in [2.24, 2.45) is 0 Å². The first-order chi connectivity index (χ1) is 13.3. The van der Waals surface area contributed by atoms with Crippen molar-refractivity contribution < 1.29 is 14.8 Å². The molecule has 2 aromatic heterocycles. The summed E-state index contributed by atoms with van der Waals surface area (Å²) in [6.07, 6.45) is 5.47. The lowest BCUT2D eigenvalue weighted by Gasteiger charge is -2.21. The summed E-state index contributed by atoms with van der Waals surface area (Å²) in [6, 6.07) is 19.1. The predicted molar refractivity (Wildman–Crippen MR) is 105 cm³/mol. The summed E-state index contributed by atoms with van der Waals surface area (Å²) in [5, 5.41) is 15.3. The van der Waals surface area contributed by atoms with Crippen molar-refractivity contribution in [3.63, 3.8) is 0 Å². The number of nitrogens with zero attached hydrogens (tertiary/aromatic N) is 1. The zero-order valence-corrected chi connectivity index (χ0v) is 14.9. The summed E-state index contributed by atoms with van der Waals surface area (Å²) in [7, 11) is 1.64. The van der Waals surface area contributed by atoms with E-state index >= 15 is 0 Å². The molecule has 1 atom stereocenters. The van der Waals surface area contributed by atoms with Crippen LogP contribution in [-0.2, 0) is 0 Å². The number of benzene rings is 2. The van der Waals surface area contributed by atoms with Gasteiger partial charge in [-0.1, -0.05) is 18.2 Å². The van der Waals surface area contributed by atoms with E-state index in [0.717, 1.165) is 28.0 Å². The summed E-state index contributed by atoms with van der Waals surface area (Å²) < 4.78 is 5.23. The first kappa shape index (κ1) is 16.8. The predicted octanol–water partition coefficient (Wildman–Crippen LogP) is 3.96. The Morgan fingerprint density at radius 1 is 1.04 bits per heavy atom. The van der Waals surface area contributed by atoms with Gasteiger partial charge >= 0.3 is 0 Å². The maximum atomic E-state index is 10.9. The van der Waals surface area contributed by atoms with E-state index in [9.17, 15) is 5.11 Å². The van der Waals surface area contributed by atoms with Crippen molar-refractivity contribution in [1.82, 2.24) is 4.98 Å². The average molecular weight is 358 g/mol. The molecule has 0 amide bonds. The standard InChI is InChI=1S/C22H19N3O2/c1-27-18-9-7-17(8-10-18)25-20(16-5-2-12-23-14-16)19-11-6-15-4-3-13-24-21(15)22(19)26/h2-14,20,25-26H,1H3/p+1. The van der Waals surface area contributed by atoms with E-state index in [4.69, 9.17) is 4.74 Å². The molecule has 0 aliphatic heterocycles. The molecule has 0 aliphatic rings. The Balaban J connectivity index is 1.79. The fraction of sp³-hybridized carbons (Fsp3) is 0.0909. The van der Waals surface area contributed by atoms with Gasteiger partial charge in [-0.05, 0) is 36.4 Å². The molecule has 0 saturated carbocycles. The maximum Gasteiger partial charge on any atom is 0.172 e. The molecule has 0 saturated heterocycles. The van der Waals surface area contributed by atoms with E-state index in [0.29, 0.717) is 5.52 Å². The highest BCUT2D eigenvalue weighted by atomic mass is 16.5. The number of aromatic hydroxyl groups is 1. The van der Waals surface area contributed by atoms with Gasteiger partial charge in [-0.15, -0.1) is 0 Å². The van der Waals surface area contributed by atoms with Crippen molar-refractivity contribution in [3.05, 3.63) is 90.4 Å². The van der Waals surface area contributed by atoms with Crippen LogP contribution >= 0.6 is 0 Å². The van der Waals surface area contributed by atoms with Gasteiger partial charge in [0.1, 0.15) is 17.0 Å². The number of fused-ring (bicyclic) bond motifs is 1. The summed E-state index contributed by atoms with van der Waals surface area (Å²) in [5.41, 5.74) is 3.28. The van der Waals surface area contributed by atoms with Crippen LogP contribution in [0.5, 0.6) is 11.5 Å². The van der Waals surface area contributed by atoms with E-state index in [1.807, 2.05) is 73.1 Å². The number of pyridine rings is 2. The smallest absolute Gasteiger partial charge is 0.172 e. The van der Waals surface area contributed by atoms with Crippen LogP contribution in [0.25, 0.3) is 10.9 Å². The number of ether oxygens (including phenoxy) is 1. The van der Waals surface area contributed by atoms with Crippen LogP contribution in [0.4, 0.5) is 5.69 Å². The molecule has 2 aromatic carbocycles. The Labute approximate surface area is 157 Å². The number of aromatic amines is 1. The third-order valence-corrected chi connectivity index (χ3v) is 4.56. The number of methoxy groups -OCH3 is 1. The van der Waals surface area contributed by atoms with E-state index in [1.54, 1.807) is 13.3 Å². The lowest BCUT2D eigenvalue weighted by atomic mass is 9.97. The molecule has 0 aliphatic carbocycles. The van der Waals surface area contributed by atoms with Gasteiger partial charge in [0.2, 0.25) is 0 Å². The second kappa shape index (κ2) is 7.33. The molecule has 27 heavy (non-hydrogen) atoms. The molecule has 5 nitrogen and oxygen atoms in total. The van der Waals surface area contributed by atoms with Crippen LogP contribution in [0.3, 0.4) is 0 Å². The van der Waals surface area contributed by atoms with Crippen molar-refractivity contribution in [3.8, 4) is 11.5 Å². The first-order valence-electron chi connectivity index (χ1n) is 8.69. The van der Waals surface area contributed by atoms with Crippen molar-refractivity contribution in [1.29, 1.82) is 0 Å². The number of nitrogens with one attached hydrogen (secondary N) is 2. The minimum absolute atomic E-state index is 0.183. The van der Waals surface area contributed by atoms with Crippen LogP contribution < -0.4 is 15.0 Å². The van der Waals surface area contributed by atoms with Gasteiger partial charge in [-0.25, -0.2) is 4.98 Å². The van der Waals surface area contributed by atoms with Gasteiger partial charge in [0, 0.05) is 34.5 Å². The molecule has 0 fully saturated rings. The highest BCUT2D eigenvalue weighted by Gasteiger charge is 2.21. The summed E-state index contributed by atoms with van der Waals surface area (Å²) in [6.45, 7) is 0. The van der Waals surface area contributed by atoms with Gasteiger partial charge in [-0.2, -0.15) is 0 Å². The normalized spacial score (nSPS) is 11.9. The summed E-state index contributed by atoms with van der Waals surface area (Å²) in [4.78, 5) is 7.46. The zero-order chi connectivity index (χ0) is 18.6. The van der Waals surface area contributed by atoms with Crippen LogP contribution in [0.2, 0.25) is 0 Å². The molecular formula is C22H20N3O2+. The van der Waals surface area contributed by atoms with Gasteiger partial charge in [-0.3, -0.25) is 4.98 Å². The van der Waals surface area contributed by atoms with Gasteiger partial charge in [0.25, 0.3) is 0 Å². The topological polar surface area (TPSA) is 68.5 Å². The Morgan fingerprint density at radius 3 is 2.63 bits per heavy atom. The monoisotopic (exact) mass is 358 g/mol. The number of hydrogen-bond donors (Lipinski definition) is 2. The molecule has 134 valence electrons. The van der Waals surface area contributed by atoms with E-state index in [1.165, 1.54) is 0 Å². The lowest BCUT2D eigenvalue weighted by molar-refractivity contribution is -0.378. The molecule has 5 heteroatoms. The Bertz CT molecular complexity index is 1050. The Kier molecular flexibility index (Phi) is 4.58. The van der Waals surface area contributed by atoms with Gasteiger partial charge < -0.3 is 15.2 Å². The van der Waals surface area contributed by atoms with Crippen LogP contribution in [0, 0.1) is 0 Å².